The first kappa shape index (κ1) is 9.63. The number of nitrogen functional groups attached to an aromatic ring is 1. The van der Waals surface area contributed by atoms with Gasteiger partial charge in [-0.15, -0.1) is 0 Å². The molecule has 5 heteroatoms. The Morgan fingerprint density at radius 3 is 2.85 bits per heavy atom. The van der Waals surface area contributed by atoms with Crippen molar-refractivity contribution in [3.63, 3.8) is 0 Å². The molecule has 0 saturated heterocycles. The molecule has 0 spiro atoms. The van der Waals surface area contributed by atoms with Gasteiger partial charge in [0.1, 0.15) is 5.69 Å². The second-order valence-corrected chi connectivity index (χ2v) is 2.71. The third-order valence-corrected chi connectivity index (χ3v) is 1.60. The molecule has 0 saturated carbocycles. The molecule has 1 unspecified atom stereocenters. The Bertz CT molecular complexity index is 311. The van der Waals surface area contributed by atoms with Crippen LogP contribution in [0.15, 0.2) is 18.2 Å². The summed E-state index contributed by atoms with van der Waals surface area (Å²) in [5.41, 5.74) is 8.55. The van der Waals surface area contributed by atoms with E-state index in [9.17, 15) is 4.79 Å². The van der Waals surface area contributed by atoms with Gasteiger partial charge in [-0.2, -0.15) is 0 Å². The van der Waals surface area contributed by atoms with Crippen molar-refractivity contribution in [1.82, 2.24) is 10.4 Å². The van der Waals surface area contributed by atoms with E-state index in [0.29, 0.717) is 5.69 Å². The highest BCUT2D eigenvalue weighted by atomic mass is 16.2. The standard InChI is InChI=1S/C8H12N4O/c1-5(9)6-3-2-4-7(11-6)8(13)12-10/h2-5H,9-10H2,1H3,(H,12,13). The van der Waals surface area contributed by atoms with Gasteiger partial charge in [0.2, 0.25) is 0 Å². The number of hydrogen-bond acceptors (Lipinski definition) is 4. The van der Waals surface area contributed by atoms with Crippen LogP contribution in [-0.4, -0.2) is 10.9 Å². The summed E-state index contributed by atoms with van der Waals surface area (Å²) in [5, 5.41) is 0. The number of nitrogens with zero attached hydrogens (tertiary/aromatic N) is 1. The van der Waals surface area contributed by atoms with Crippen LogP contribution in [0.1, 0.15) is 29.1 Å². The Morgan fingerprint density at radius 2 is 2.31 bits per heavy atom. The van der Waals surface area contributed by atoms with Gasteiger partial charge in [0.25, 0.3) is 5.91 Å². The maximum absolute atomic E-state index is 11.0. The van der Waals surface area contributed by atoms with Crippen molar-refractivity contribution < 1.29 is 4.79 Å². The van der Waals surface area contributed by atoms with Crippen LogP contribution in [0.4, 0.5) is 0 Å². The van der Waals surface area contributed by atoms with E-state index in [1.54, 1.807) is 25.1 Å². The fraction of sp³-hybridized carbons (Fsp3) is 0.250. The highest BCUT2D eigenvalue weighted by molar-refractivity contribution is 5.91. The smallest absolute Gasteiger partial charge is 0.283 e. The number of hydrazine groups is 1. The molecular formula is C8H12N4O. The largest absolute Gasteiger partial charge is 0.323 e. The summed E-state index contributed by atoms with van der Waals surface area (Å²) < 4.78 is 0. The lowest BCUT2D eigenvalue weighted by atomic mass is 10.2. The molecule has 13 heavy (non-hydrogen) atoms. The Morgan fingerprint density at radius 1 is 1.62 bits per heavy atom. The fourth-order valence-electron chi connectivity index (χ4n) is 0.905. The zero-order valence-electron chi connectivity index (χ0n) is 7.32. The summed E-state index contributed by atoms with van der Waals surface area (Å²) in [6, 6.07) is 4.87. The molecule has 5 N–H and O–H groups in total. The maximum atomic E-state index is 11.0. The fourth-order valence-corrected chi connectivity index (χ4v) is 0.905. The lowest BCUT2D eigenvalue weighted by molar-refractivity contribution is 0.0948. The van der Waals surface area contributed by atoms with Gasteiger partial charge in [-0.1, -0.05) is 6.07 Å². The Balaban J connectivity index is 2.98. The van der Waals surface area contributed by atoms with Gasteiger partial charge >= 0.3 is 0 Å². The average molecular weight is 180 g/mol. The lowest BCUT2D eigenvalue weighted by Gasteiger charge is -2.05. The summed E-state index contributed by atoms with van der Waals surface area (Å²) in [5.74, 6) is 4.55. The maximum Gasteiger partial charge on any atom is 0.283 e. The third kappa shape index (κ3) is 2.24. The molecule has 1 aromatic rings. The number of aromatic nitrogens is 1. The van der Waals surface area contributed by atoms with Gasteiger partial charge in [-0.3, -0.25) is 10.2 Å². The Labute approximate surface area is 76.1 Å². The molecule has 1 heterocycles. The number of amides is 1. The van der Waals surface area contributed by atoms with Gasteiger partial charge in [0, 0.05) is 6.04 Å². The number of rotatable bonds is 2. The monoisotopic (exact) mass is 180 g/mol. The van der Waals surface area contributed by atoms with Gasteiger partial charge in [-0.05, 0) is 19.1 Å². The van der Waals surface area contributed by atoms with Crippen LogP contribution in [0.3, 0.4) is 0 Å². The molecule has 1 amide bonds. The van der Waals surface area contributed by atoms with Crippen LogP contribution in [-0.2, 0) is 0 Å². The van der Waals surface area contributed by atoms with Gasteiger partial charge in [0.15, 0.2) is 0 Å². The van der Waals surface area contributed by atoms with E-state index in [4.69, 9.17) is 11.6 Å². The topological polar surface area (TPSA) is 94.0 Å². The van der Waals surface area contributed by atoms with Crippen LogP contribution in [0, 0.1) is 0 Å². The van der Waals surface area contributed by atoms with Gasteiger partial charge in [-0.25, -0.2) is 10.8 Å². The first-order chi connectivity index (χ1) is 6.15. The molecule has 0 bridgehead atoms. The molecule has 0 aliphatic heterocycles. The molecule has 1 rings (SSSR count). The van der Waals surface area contributed by atoms with Crippen molar-refractivity contribution in [2.24, 2.45) is 11.6 Å². The number of nitrogens with one attached hydrogen (secondary N) is 1. The molecule has 0 radical (unpaired) electrons. The van der Waals surface area contributed by atoms with Gasteiger partial charge < -0.3 is 5.73 Å². The first-order valence-electron chi connectivity index (χ1n) is 3.88. The molecule has 0 aromatic carbocycles. The van der Waals surface area contributed by atoms with Crippen molar-refractivity contribution in [3.8, 4) is 0 Å². The van der Waals surface area contributed by atoms with Crippen LogP contribution in [0.2, 0.25) is 0 Å². The number of nitrogens with two attached hydrogens (primary N) is 2. The highest BCUT2D eigenvalue weighted by Gasteiger charge is 2.07. The molecular weight excluding hydrogens is 168 g/mol. The van der Waals surface area contributed by atoms with E-state index in [-0.39, 0.29) is 11.7 Å². The number of hydrogen-bond donors (Lipinski definition) is 3. The minimum atomic E-state index is -0.414. The quantitative estimate of drug-likeness (QED) is 0.331. The van der Waals surface area contributed by atoms with Crippen molar-refractivity contribution >= 4 is 5.91 Å². The normalized spacial score (nSPS) is 12.2. The van der Waals surface area contributed by atoms with Crippen molar-refractivity contribution in [3.05, 3.63) is 29.6 Å². The van der Waals surface area contributed by atoms with E-state index < -0.39 is 5.91 Å². The summed E-state index contributed by atoms with van der Waals surface area (Å²) in [6.07, 6.45) is 0. The predicted octanol–water partition coefficient (Wildman–Crippen LogP) is -0.295. The molecule has 1 aromatic heterocycles. The van der Waals surface area contributed by atoms with E-state index in [1.807, 2.05) is 5.43 Å². The zero-order chi connectivity index (χ0) is 9.84. The number of carbonyl (C=O) groups is 1. The number of pyridine rings is 1. The Hall–Kier alpha value is -1.46. The predicted molar refractivity (Wildman–Crippen MR) is 48.5 cm³/mol. The first-order valence-corrected chi connectivity index (χ1v) is 3.88. The van der Waals surface area contributed by atoms with E-state index in [1.165, 1.54) is 0 Å². The molecule has 0 aliphatic rings. The zero-order valence-corrected chi connectivity index (χ0v) is 7.32. The summed E-state index contributed by atoms with van der Waals surface area (Å²) in [6.45, 7) is 1.80. The molecule has 1 atom stereocenters. The third-order valence-electron chi connectivity index (χ3n) is 1.60. The van der Waals surface area contributed by atoms with Crippen LogP contribution in [0.5, 0.6) is 0 Å². The Kier molecular flexibility index (Phi) is 2.94. The lowest BCUT2D eigenvalue weighted by Crippen LogP contribution is -2.31. The second-order valence-electron chi connectivity index (χ2n) is 2.71. The van der Waals surface area contributed by atoms with Gasteiger partial charge in [0.05, 0.1) is 5.69 Å². The van der Waals surface area contributed by atoms with Crippen molar-refractivity contribution in [1.29, 1.82) is 0 Å². The highest BCUT2D eigenvalue weighted by Crippen LogP contribution is 2.06. The van der Waals surface area contributed by atoms with Crippen molar-refractivity contribution in [2.45, 2.75) is 13.0 Å². The summed E-state index contributed by atoms with van der Waals surface area (Å²) in [4.78, 5) is 15.1. The van der Waals surface area contributed by atoms with E-state index >= 15 is 0 Å². The summed E-state index contributed by atoms with van der Waals surface area (Å²) in [7, 11) is 0. The van der Waals surface area contributed by atoms with E-state index in [2.05, 4.69) is 4.98 Å². The molecule has 5 nitrogen and oxygen atoms in total. The minimum Gasteiger partial charge on any atom is -0.323 e. The van der Waals surface area contributed by atoms with E-state index in [0.717, 1.165) is 0 Å². The van der Waals surface area contributed by atoms with Crippen molar-refractivity contribution in [2.75, 3.05) is 0 Å². The van der Waals surface area contributed by atoms with Crippen LogP contribution in [0.25, 0.3) is 0 Å². The minimum absolute atomic E-state index is 0.189. The molecule has 0 fully saturated rings. The average Bonchev–Trinajstić information content (AvgIpc) is 2.17. The number of carbonyl (C=O) groups excluding carboxylic acids is 1. The summed E-state index contributed by atoms with van der Waals surface area (Å²) >= 11 is 0. The molecule has 0 aliphatic carbocycles. The molecule has 70 valence electrons. The SMILES string of the molecule is CC(N)c1cccc(C(=O)NN)n1. The second kappa shape index (κ2) is 3.97. The van der Waals surface area contributed by atoms with Crippen LogP contribution < -0.4 is 17.0 Å². The van der Waals surface area contributed by atoms with Crippen LogP contribution >= 0.6 is 0 Å².